The summed E-state index contributed by atoms with van der Waals surface area (Å²) < 4.78 is 4.61. The summed E-state index contributed by atoms with van der Waals surface area (Å²) in [6.45, 7) is 1.88. The zero-order valence-corrected chi connectivity index (χ0v) is 11.6. The predicted octanol–water partition coefficient (Wildman–Crippen LogP) is 1.43. The summed E-state index contributed by atoms with van der Waals surface area (Å²) >= 11 is 0. The fourth-order valence-electron chi connectivity index (χ4n) is 1.64. The molecule has 0 aliphatic heterocycles. The topological polar surface area (TPSA) is 96.5 Å². The van der Waals surface area contributed by atoms with Crippen molar-refractivity contribution >= 4 is 23.6 Å². The third kappa shape index (κ3) is 4.48. The van der Waals surface area contributed by atoms with E-state index in [0.29, 0.717) is 11.3 Å². The fraction of sp³-hybridized carbons (Fsp3) is 0.357. The molecule has 2 rings (SSSR count). The van der Waals surface area contributed by atoms with E-state index < -0.39 is 12.0 Å². The van der Waals surface area contributed by atoms with Crippen molar-refractivity contribution in [3.8, 4) is 0 Å². The lowest BCUT2D eigenvalue weighted by Crippen LogP contribution is -2.41. The van der Waals surface area contributed by atoms with Gasteiger partial charge in [0.25, 0.3) is 5.91 Å². The van der Waals surface area contributed by atoms with Gasteiger partial charge in [-0.3, -0.25) is 15.0 Å². The van der Waals surface area contributed by atoms with Gasteiger partial charge in [-0.05, 0) is 44.0 Å². The zero-order chi connectivity index (χ0) is 15.2. The van der Waals surface area contributed by atoms with E-state index in [1.165, 1.54) is 0 Å². The summed E-state index contributed by atoms with van der Waals surface area (Å²) in [5, 5.41) is 2.78. The maximum absolute atomic E-state index is 11.7. The molecule has 0 atom stereocenters. The van der Waals surface area contributed by atoms with Gasteiger partial charge in [-0.15, -0.1) is 0 Å². The molecule has 1 aromatic carbocycles. The number of hydrogen-bond donors (Lipinski definition) is 3. The van der Waals surface area contributed by atoms with Crippen LogP contribution in [0.1, 0.15) is 30.1 Å². The highest BCUT2D eigenvalue weighted by molar-refractivity contribution is 5.97. The molecule has 3 N–H and O–H groups in total. The van der Waals surface area contributed by atoms with Gasteiger partial charge in [-0.25, -0.2) is 10.2 Å². The molecule has 0 aromatic heterocycles. The first-order valence-corrected chi connectivity index (χ1v) is 6.74. The van der Waals surface area contributed by atoms with E-state index in [-0.39, 0.29) is 18.4 Å². The number of rotatable bonds is 4. The number of hydrogen-bond acceptors (Lipinski definition) is 4. The number of anilines is 1. The van der Waals surface area contributed by atoms with Gasteiger partial charge in [0, 0.05) is 17.2 Å². The van der Waals surface area contributed by atoms with Crippen molar-refractivity contribution in [2.24, 2.45) is 5.92 Å². The van der Waals surface area contributed by atoms with Crippen molar-refractivity contribution in [3.63, 3.8) is 0 Å². The minimum atomic E-state index is -0.723. The quantitative estimate of drug-likeness (QED) is 0.731. The van der Waals surface area contributed by atoms with E-state index in [4.69, 9.17) is 0 Å². The molecular weight excluding hydrogens is 274 g/mol. The van der Waals surface area contributed by atoms with Crippen LogP contribution < -0.4 is 16.2 Å². The van der Waals surface area contributed by atoms with Gasteiger partial charge in [0.15, 0.2) is 0 Å². The van der Waals surface area contributed by atoms with E-state index >= 15 is 0 Å². The largest absolute Gasteiger partial charge is 0.449 e. The number of ether oxygens (including phenoxy) is 1. The third-order valence-electron chi connectivity index (χ3n) is 2.92. The van der Waals surface area contributed by atoms with Crippen molar-refractivity contribution in [2.75, 3.05) is 11.9 Å². The van der Waals surface area contributed by atoms with E-state index in [2.05, 4.69) is 20.9 Å². The Hall–Kier alpha value is -2.57. The van der Waals surface area contributed by atoms with Crippen LogP contribution in [-0.4, -0.2) is 24.5 Å². The molecule has 7 nitrogen and oxygen atoms in total. The molecule has 0 bridgehead atoms. The smallest absolute Gasteiger partial charge is 0.426 e. The normalized spacial score (nSPS) is 13.2. The first kappa shape index (κ1) is 14.8. The highest BCUT2D eigenvalue weighted by Gasteiger charge is 2.29. The van der Waals surface area contributed by atoms with Crippen LogP contribution in [0.2, 0.25) is 0 Å². The van der Waals surface area contributed by atoms with Crippen molar-refractivity contribution in [2.45, 2.75) is 19.8 Å². The summed E-state index contributed by atoms with van der Waals surface area (Å²) in [7, 11) is 0. The van der Waals surface area contributed by atoms with E-state index in [0.717, 1.165) is 12.8 Å². The standard InChI is InChI=1S/C14H17N3O4/c1-2-21-14(20)17-16-13(19)10-5-7-11(8-6-10)15-12(18)9-3-4-9/h5-9H,2-4H2,1H3,(H,15,18)(H,16,19)(H,17,20). The maximum Gasteiger partial charge on any atom is 0.426 e. The molecule has 112 valence electrons. The van der Waals surface area contributed by atoms with Gasteiger partial charge < -0.3 is 10.1 Å². The SMILES string of the molecule is CCOC(=O)NNC(=O)c1ccc(NC(=O)C2CC2)cc1. The molecule has 0 heterocycles. The summed E-state index contributed by atoms with van der Waals surface area (Å²) in [4.78, 5) is 34.3. The highest BCUT2D eigenvalue weighted by Crippen LogP contribution is 2.30. The molecule has 1 saturated carbocycles. The van der Waals surface area contributed by atoms with E-state index in [1.807, 2.05) is 0 Å². The minimum absolute atomic E-state index is 0.0104. The molecule has 7 heteroatoms. The van der Waals surface area contributed by atoms with Gasteiger partial charge >= 0.3 is 6.09 Å². The van der Waals surface area contributed by atoms with Crippen molar-refractivity contribution < 1.29 is 19.1 Å². The Labute approximate surface area is 122 Å². The average molecular weight is 291 g/mol. The second-order valence-electron chi connectivity index (χ2n) is 4.64. The Bertz CT molecular complexity index is 538. The Morgan fingerprint density at radius 2 is 1.81 bits per heavy atom. The molecule has 1 aliphatic carbocycles. The fourth-order valence-corrected chi connectivity index (χ4v) is 1.64. The Kier molecular flexibility index (Phi) is 4.76. The lowest BCUT2D eigenvalue weighted by atomic mass is 10.2. The van der Waals surface area contributed by atoms with Crippen LogP contribution in [0.3, 0.4) is 0 Å². The molecule has 3 amide bonds. The Morgan fingerprint density at radius 1 is 1.14 bits per heavy atom. The van der Waals surface area contributed by atoms with Gasteiger partial charge in [-0.1, -0.05) is 0 Å². The molecule has 0 saturated heterocycles. The van der Waals surface area contributed by atoms with E-state index in [9.17, 15) is 14.4 Å². The molecule has 1 aromatic rings. The second-order valence-corrected chi connectivity index (χ2v) is 4.64. The molecule has 21 heavy (non-hydrogen) atoms. The first-order valence-electron chi connectivity index (χ1n) is 6.74. The Balaban J connectivity index is 1.84. The summed E-state index contributed by atoms with van der Waals surface area (Å²) in [6, 6.07) is 6.40. The number of hydrazine groups is 1. The van der Waals surface area contributed by atoms with Crippen LogP contribution in [0.5, 0.6) is 0 Å². The van der Waals surface area contributed by atoms with Crippen molar-refractivity contribution in [1.82, 2.24) is 10.9 Å². The number of amides is 3. The average Bonchev–Trinajstić information content (AvgIpc) is 3.30. The van der Waals surface area contributed by atoms with Crippen molar-refractivity contribution in [1.29, 1.82) is 0 Å². The van der Waals surface area contributed by atoms with Crippen LogP contribution >= 0.6 is 0 Å². The van der Waals surface area contributed by atoms with E-state index in [1.54, 1.807) is 31.2 Å². The Morgan fingerprint density at radius 3 is 2.38 bits per heavy atom. The summed E-state index contributed by atoms with van der Waals surface area (Å²) in [5.41, 5.74) is 5.34. The number of carbonyl (C=O) groups is 3. The first-order chi connectivity index (χ1) is 10.1. The predicted molar refractivity (Wildman–Crippen MR) is 75.4 cm³/mol. The van der Waals surface area contributed by atoms with Gasteiger partial charge in [0.1, 0.15) is 0 Å². The number of benzene rings is 1. The van der Waals surface area contributed by atoms with Crippen LogP contribution in [-0.2, 0) is 9.53 Å². The number of carbonyl (C=O) groups excluding carboxylic acids is 3. The molecule has 0 unspecified atom stereocenters. The van der Waals surface area contributed by atoms with Crippen LogP contribution in [0, 0.1) is 5.92 Å². The number of nitrogens with one attached hydrogen (secondary N) is 3. The zero-order valence-electron chi connectivity index (χ0n) is 11.6. The van der Waals surface area contributed by atoms with Gasteiger partial charge in [0.05, 0.1) is 6.61 Å². The monoisotopic (exact) mass is 291 g/mol. The van der Waals surface area contributed by atoms with Crippen molar-refractivity contribution in [3.05, 3.63) is 29.8 Å². The third-order valence-corrected chi connectivity index (χ3v) is 2.92. The second kappa shape index (κ2) is 6.74. The highest BCUT2D eigenvalue weighted by atomic mass is 16.5. The van der Waals surface area contributed by atoms with Gasteiger partial charge in [0.2, 0.25) is 5.91 Å². The summed E-state index contributed by atoms with van der Waals surface area (Å²) in [6.07, 6.45) is 1.15. The lowest BCUT2D eigenvalue weighted by molar-refractivity contribution is -0.117. The molecule has 1 aliphatic rings. The minimum Gasteiger partial charge on any atom is -0.449 e. The molecule has 0 spiro atoms. The molecule has 1 fully saturated rings. The van der Waals surface area contributed by atoms with Gasteiger partial charge in [-0.2, -0.15) is 0 Å². The lowest BCUT2D eigenvalue weighted by Gasteiger charge is -2.08. The maximum atomic E-state index is 11.7. The van der Waals surface area contributed by atoms with Crippen LogP contribution in [0.4, 0.5) is 10.5 Å². The molecule has 0 radical (unpaired) electrons. The van der Waals surface area contributed by atoms with Crippen LogP contribution in [0.25, 0.3) is 0 Å². The van der Waals surface area contributed by atoms with Crippen LogP contribution in [0.15, 0.2) is 24.3 Å². The summed E-state index contributed by atoms with van der Waals surface area (Å²) in [5.74, 6) is -0.332. The molecular formula is C14H17N3O4.